The normalized spacial score (nSPS) is 11.7. The first kappa shape index (κ1) is 17.0. The van der Waals surface area contributed by atoms with Crippen molar-refractivity contribution >= 4 is 32.2 Å². The van der Waals surface area contributed by atoms with Crippen LogP contribution in [0.15, 0.2) is 53.3 Å². The number of hydrogen-bond donors (Lipinski definition) is 0. The van der Waals surface area contributed by atoms with Crippen LogP contribution in [0, 0.1) is 5.92 Å². The van der Waals surface area contributed by atoms with Gasteiger partial charge in [-0.25, -0.2) is 4.68 Å². The highest BCUT2D eigenvalue weighted by molar-refractivity contribution is 7.19. The Labute approximate surface area is 156 Å². The lowest BCUT2D eigenvalue weighted by molar-refractivity contribution is 0.606. The van der Waals surface area contributed by atoms with E-state index in [1.807, 2.05) is 0 Å². The first-order valence-corrected chi connectivity index (χ1v) is 9.80. The Balaban J connectivity index is 1.82. The molecule has 132 valence electrons. The second-order valence-electron chi connectivity index (χ2n) is 7.24. The third-order valence-corrected chi connectivity index (χ3v) is 5.87. The zero-order valence-electron chi connectivity index (χ0n) is 15.3. The molecular formula is C22H22N2OS. The summed E-state index contributed by atoms with van der Waals surface area (Å²) in [5.41, 5.74) is 2.32. The fourth-order valence-corrected chi connectivity index (χ4v) is 4.67. The van der Waals surface area contributed by atoms with Crippen molar-refractivity contribution in [3.05, 3.63) is 75.0 Å². The molecule has 4 heteroatoms. The molecule has 0 fully saturated rings. The third-order valence-electron chi connectivity index (χ3n) is 4.69. The van der Waals surface area contributed by atoms with E-state index in [-0.39, 0.29) is 5.56 Å². The van der Waals surface area contributed by atoms with Crippen LogP contribution in [-0.4, -0.2) is 9.78 Å². The van der Waals surface area contributed by atoms with Crippen LogP contribution < -0.4 is 5.56 Å². The highest BCUT2D eigenvalue weighted by atomic mass is 32.1. The minimum absolute atomic E-state index is 0.00655. The minimum Gasteiger partial charge on any atom is -0.267 e. The number of thiophene rings is 1. The van der Waals surface area contributed by atoms with Crippen molar-refractivity contribution in [3.63, 3.8) is 0 Å². The van der Waals surface area contributed by atoms with Crippen molar-refractivity contribution in [3.8, 4) is 0 Å². The van der Waals surface area contributed by atoms with Crippen LogP contribution in [0.3, 0.4) is 0 Å². The maximum Gasteiger partial charge on any atom is 0.275 e. The Kier molecular flexibility index (Phi) is 4.37. The van der Waals surface area contributed by atoms with Crippen molar-refractivity contribution in [2.75, 3.05) is 0 Å². The van der Waals surface area contributed by atoms with Crippen molar-refractivity contribution < 1.29 is 0 Å². The van der Waals surface area contributed by atoms with Gasteiger partial charge in [0.25, 0.3) is 5.56 Å². The van der Waals surface area contributed by atoms with Gasteiger partial charge < -0.3 is 0 Å². The SMILES string of the molecule is CC(C)Cc1nn(C)c(=O)c2cc(Cc3cccc4ccccc34)sc12. The highest BCUT2D eigenvalue weighted by Gasteiger charge is 2.15. The number of aryl methyl sites for hydroxylation is 1. The Morgan fingerprint density at radius 2 is 1.85 bits per heavy atom. The van der Waals surface area contributed by atoms with E-state index < -0.39 is 0 Å². The number of nitrogens with zero attached hydrogens (tertiary/aromatic N) is 2. The van der Waals surface area contributed by atoms with Crippen LogP contribution in [0.4, 0.5) is 0 Å². The zero-order chi connectivity index (χ0) is 18.3. The van der Waals surface area contributed by atoms with Crippen LogP contribution in [0.1, 0.15) is 30.0 Å². The summed E-state index contributed by atoms with van der Waals surface area (Å²) in [6.07, 6.45) is 1.73. The van der Waals surface area contributed by atoms with Crippen LogP contribution >= 0.6 is 11.3 Å². The largest absolute Gasteiger partial charge is 0.275 e. The topological polar surface area (TPSA) is 34.9 Å². The van der Waals surface area contributed by atoms with Crippen molar-refractivity contribution in [2.24, 2.45) is 13.0 Å². The number of benzene rings is 2. The monoisotopic (exact) mass is 362 g/mol. The number of fused-ring (bicyclic) bond motifs is 2. The van der Waals surface area contributed by atoms with Gasteiger partial charge in [0, 0.05) is 18.3 Å². The fraction of sp³-hybridized carbons (Fsp3) is 0.273. The quantitative estimate of drug-likeness (QED) is 0.515. The molecule has 0 saturated carbocycles. The van der Waals surface area contributed by atoms with Crippen molar-refractivity contribution in [1.82, 2.24) is 9.78 Å². The molecule has 0 bridgehead atoms. The summed E-state index contributed by atoms with van der Waals surface area (Å²) in [5, 5.41) is 7.86. The van der Waals surface area contributed by atoms with Crippen LogP contribution in [-0.2, 0) is 19.9 Å². The predicted molar refractivity (Wildman–Crippen MR) is 110 cm³/mol. The van der Waals surface area contributed by atoms with Crippen molar-refractivity contribution in [1.29, 1.82) is 0 Å². The van der Waals surface area contributed by atoms with Crippen molar-refractivity contribution in [2.45, 2.75) is 26.7 Å². The Hall–Kier alpha value is -2.46. The maximum absolute atomic E-state index is 12.6. The molecule has 2 aromatic carbocycles. The van der Waals surface area contributed by atoms with Gasteiger partial charge in [-0.05, 0) is 34.7 Å². The standard InChI is InChI=1S/C22H22N2OS/c1-14(2)11-20-21-19(22(25)24(3)23-20)13-17(26-21)12-16-9-6-8-15-7-4-5-10-18(15)16/h4-10,13-14H,11-12H2,1-3H3. The highest BCUT2D eigenvalue weighted by Crippen LogP contribution is 2.30. The van der Waals surface area contributed by atoms with Gasteiger partial charge in [-0.3, -0.25) is 4.79 Å². The lowest BCUT2D eigenvalue weighted by atomic mass is 10.0. The zero-order valence-corrected chi connectivity index (χ0v) is 16.1. The summed E-state index contributed by atoms with van der Waals surface area (Å²) in [5.74, 6) is 0.506. The molecule has 3 nitrogen and oxygen atoms in total. The van der Waals surface area contributed by atoms with Gasteiger partial charge in [-0.15, -0.1) is 11.3 Å². The average molecular weight is 362 g/mol. The lowest BCUT2D eigenvalue weighted by Gasteiger charge is -2.07. The summed E-state index contributed by atoms with van der Waals surface area (Å²) >= 11 is 1.72. The van der Waals surface area contributed by atoms with E-state index in [9.17, 15) is 4.79 Å². The van der Waals surface area contributed by atoms with Crippen LogP contribution in [0.5, 0.6) is 0 Å². The molecule has 0 atom stereocenters. The molecule has 0 aliphatic rings. The maximum atomic E-state index is 12.6. The van der Waals surface area contributed by atoms with E-state index in [4.69, 9.17) is 0 Å². The second-order valence-corrected chi connectivity index (χ2v) is 8.38. The first-order valence-electron chi connectivity index (χ1n) is 8.98. The molecular weight excluding hydrogens is 340 g/mol. The van der Waals surface area contributed by atoms with E-state index in [1.54, 1.807) is 18.4 Å². The predicted octanol–water partition coefficient (Wildman–Crippen LogP) is 4.94. The van der Waals surface area contributed by atoms with Gasteiger partial charge in [-0.1, -0.05) is 56.3 Å². The smallest absolute Gasteiger partial charge is 0.267 e. The number of rotatable bonds is 4. The summed E-state index contributed by atoms with van der Waals surface area (Å²) in [6.45, 7) is 4.37. The van der Waals surface area contributed by atoms with E-state index in [1.165, 1.54) is 25.9 Å². The van der Waals surface area contributed by atoms with Gasteiger partial charge in [0.2, 0.25) is 0 Å². The third kappa shape index (κ3) is 3.06. The molecule has 0 radical (unpaired) electrons. The van der Waals surface area contributed by atoms with Gasteiger partial charge >= 0.3 is 0 Å². The Morgan fingerprint density at radius 1 is 1.08 bits per heavy atom. The van der Waals surface area contributed by atoms with E-state index in [0.29, 0.717) is 5.92 Å². The van der Waals surface area contributed by atoms with E-state index >= 15 is 0 Å². The average Bonchev–Trinajstić information content (AvgIpc) is 3.04. The molecule has 2 heterocycles. The molecule has 2 aromatic heterocycles. The second kappa shape index (κ2) is 6.69. The molecule has 4 aromatic rings. The minimum atomic E-state index is -0.00655. The summed E-state index contributed by atoms with van der Waals surface area (Å²) < 4.78 is 2.53. The molecule has 0 amide bonds. The fourth-order valence-electron chi connectivity index (χ4n) is 3.50. The molecule has 26 heavy (non-hydrogen) atoms. The first-order chi connectivity index (χ1) is 12.5. The van der Waals surface area contributed by atoms with Gasteiger partial charge in [-0.2, -0.15) is 5.10 Å². The molecule has 0 N–H and O–H groups in total. The van der Waals surface area contributed by atoms with Gasteiger partial charge in [0.05, 0.1) is 15.8 Å². The molecule has 0 aliphatic carbocycles. The lowest BCUT2D eigenvalue weighted by Crippen LogP contribution is -2.21. The number of hydrogen-bond acceptors (Lipinski definition) is 3. The Bertz CT molecular complexity index is 1150. The summed E-state index contributed by atoms with van der Waals surface area (Å²) in [4.78, 5) is 13.8. The summed E-state index contributed by atoms with van der Waals surface area (Å²) in [7, 11) is 1.74. The molecule has 0 unspecified atom stereocenters. The molecule has 0 aliphatic heterocycles. The van der Waals surface area contributed by atoms with Gasteiger partial charge in [0.15, 0.2) is 0 Å². The Morgan fingerprint density at radius 3 is 2.65 bits per heavy atom. The number of aromatic nitrogens is 2. The van der Waals surface area contributed by atoms with E-state index in [0.717, 1.165) is 28.6 Å². The molecule has 4 rings (SSSR count). The summed E-state index contributed by atoms with van der Waals surface area (Å²) in [6, 6.07) is 17.0. The van der Waals surface area contributed by atoms with Crippen LogP contribution in [0.2, 0.25) is 0 Å². The van der Waals surface area contributed by atoms with Gasteiger partial charge in [0.1, 0.15) is 0 Å². The molecule has 0 saturated heterocycles. The van der Waals surface area contributed by atoms with Crippen LogP contribution in [0.25, 0.3) is 20.9 Å². The van der Waals surface area contributed by atoms with E-state index in [2.05, 4.69) is 67.5 Å². The molecule has 0 spiro atoms.